The number of nitrogens with zero attached hydrogens (tertiary/aromatic N) is 2. The molecule has 4 nitrogen and oxygen atoms in total. The smallest absolute Gasteiger partial charge is 0.240 e. The van der Waals surface area contributed by atoms with Gasteiger partial charge in [-0.25, -0.2) is 4.98 Å². The zero-order valence-electron chi connectivity index (χ0n) is 13.5. The third-order valence-corrected chi connectivity index (χ3v) is 5.17. The molecular weight excluding hydrogens is 306 g/mol. The fourth-order valence-corrected chi connectivity index (χ4v) is 3.84. The van der Waals surface area contributed by atoms with E-state index in [4.69, 9.17) is 0 Å². The topological polar surface area (TPSA) is 45.2 Å². The molecule has 0 saturated heterocycles. The van der Waals surface area contributed by atoms with Gasteiger partial charge in [-0.05, 0) is 19.9 Å². The lowest BCUT2D eigenvalue weighted by Gasteiger charge is -2.30. The third-order valence-electron chi connectivity index (χ3n) is 4.41. The third kappa shape index (κ3) is 4.39. The summed E-state index contributed by atoms with van der Waals surface area (Å²) in [4.78, 5) is 18.9. The maximum Gasteiger partial charge on any atom is 0.240 e. The van der Waals surface area contributed by atoms with Gasteiger partial charge in [0.05, 0.1) is 12.2 Å². The Bertz CT molecular complexity index is 635. The Morgan fingerprint density at radius 3 is 2.74 bits per heavy atom. The Morgan fingerprint density at radius 1 is 1.26 bits per heavy atom. The first-order valence-electron chi connectivity index (χ1n) is 8.23. The molecule has 1 aliphatic rings. The summed E-state index contributed by atoms with van der Waals surface area (Å²) < 4.78 is 0. The predicted molar refractivity (Wildman–Crippen MR) is 95.7 cm³/mol. The fraction of sp³-hybridized carbons (Fsp3) is 0.444. The van der Waals surface area contributed by atoms with E-state index in [1.165, 1.54) is 43.4 Å². The van der Waals surface area contributed by atoms with Gasteiger partial charge in [0.1, 0.15) is 0 Å². The van der Waals surface area contributed by atoms with E-state index >= 15 is 0 Å². The van der Waals surface area contributed by atoms with Crippen molar-refractivity contribution >= 4 is 22.4 Å². The number of hydrogen-bond donors (Lipinski definition) is 1. The molecule has 1 amide bonds. The lowest BCUT2D eigenvalue weighted by molar-refractivity contribution is -0.117. The second-order valence-electron chi connectivity index (χ2n) is 6.16. The lowest BCUT2D eigenvalue weighted by atomic mass is 9.94. The van der Waals surface area contributed by atoms with Crippen LogP contribution in [0.2, 0.25) is 0 Å². The molecule has 1 aromatic heterocycles. The zero-order valence-corrected chi connectivity index (χ0v) is 14.3. The van der Waals surface area contributed by atoms with E-state index in [9.17, 15) is 4.79 Å². The fourth-order valence-electron chi connectivity index (χ4n) is 3.11. The quantitative estimate of drug-likeness (QED) is 0.901. The van der Waals surface area contributed by atoms with Crippen LogP contribution in [0.25, 0.3) is 11.3 Å². The van der Waals surface area contributed by atoms with Gasteiger partial charge in [0.15, 0.2) is 5.13 Å². The zero-order chi connectivity index (χ0) is 16.1. The monoisotopic (exact) mass is 329 g/mol. The first-order valence-corrected chi connectivity index (χ1v) is 9.11. The van der Waals surface area contributed by atoms with E-state index in [0.29, 0.717) is 17.7 Å². The van der Waals surface area contributed by atoms with Crippen molar-refractivity contribution in [3.63, 3.8) is 0 Å². The lowest BCUT2D eigenvalue weighted by Crippen LogP contribution is -2.39. The SMILES string of the molecule is CN(CC(=O)Nc1nc(-c2ccccc2)cs1)C1CCCCC1. The Morgan fingerprint density at radius 2 is 2.00 bits per heavy atom. The minimum Gasteiger partial charge on any atom is -0.301 e. The molecule has 1 aromatic carbocycles. The molecular formula is C18H23N3OS. The molecule has 1 saturated carbocycles. The Balaban J connectivity index is 1.55. The summed E-state index contributed by atoms with van der Waals surface area (Å²) in [7, 11) is 2.05. The van der Waals surface area contributed by atoms with Crippen LogP contribution in [-0.4, -0.2) is 35.4 Å². The summed E-state index contributed by atoms with van der Waals surface area (Å²) in [6, 6.07) is 10.6. The van der Waals surface area contributed by atoms with Gasteiger partial charge in [-0.1, -0.05) is 49.6 Å². The number of carbonyl (C=O) groups is 1. The molecule has 23 heavy (non-hydrogen) atoms. The number of likely N-dealkylation sites (N-methyl/N-ethyl adjacent to an activating group) is 1. The Hall–Kier alpha value is -1.72. The Kier molecular flexibility index (Phi) is 5.41. The molecule has 1 fully saturated rings. The number of nitrogens with one attached hydrogen (secondary N) is 1. The summed E-state index contributed by atoms with van der Waals surface area (Å²) in [5.74, 6) is 0.0204. The van der Waals surface area contributed by atoms with E-state index in [0.717, 1.165) is 11.3 Å². The molecule has 1 aliphatic carbocycles. The normalized spacial score (nSPS) is 15.7. The number of anilines is 1. The molecule has 0 aliphatic heterocycles. The van der Waals surface area contributed by atoms with Crippen LogP contribution in [0.15, 0.2) is 35.7 Å². The summed E-state index contributed by atoms with van der Waals surface area (Å²) in [5, 5.41) is 5.58. The number of benzene rings is 1. The second-order valence-corrected chi connectivity index (χ2v) is 7.02. The van der Waals surface area contributed by atoms with Gasteiger partial charge < -0.3 is 5.32 Å². The Labute approximate surface area is 141 Å². The van der Waals surface area contributed by atoms with Gasteiger partial charge in [0.25, 0.3) is 0 Å². The maximum absolute atomic E-state index is 12.2. The van der Waals surface area contributed by atoms with Crippen molar-refractivity contribution in [2.24, 2.45) is 0 Å². The van der Waals surface area contributed by atoms with Crippen molar-refractivity contribution in [1.82, 2.24) is 9.88 Å². The van der Waals surface area contributed by atoms with Gasteiger partial charge in [0.2, 0.25) is 5.91 Å². The first kappa shape index (κ1) is 16.1. The van der Waals surface area contributed by atoms with E-state index in [-0.39, 0.29) is 5.91 Å². The van der Waals surface area contributed by atoms with Crippen LogP contribution < -0.4 is 5.32 Å². The van der Waals surface area contributed by atoms with E-state index in [1.54, 1.807) is 0 Å². The molecule has 0 spiro atoms. The summed E-state index contributed by atoms with van der Waals surface area (Å²) >= 11 is 1.47. The highest BCUT2D eigenvalue weighted by atomic mass is 32.1. The highest BCUT2D eigenvalue weighted by molar-refractivity contribution is 7.14. The second kappa shape index (κ2) is 7.70. The van der Waals surface area contributed by atoms with Gasteiger partial charge in [-0.3, -0.25) is 9.69 Å². The number of thiazole rings is 1. The maximum atomic E-state index is 12.2. The van der Waals surface area contributed by atoms with Crippen LogP contribution >= 0.6 is 11.3 Å². The average molecular weight is 329 g/mol. The molecule has 2 aromatic rings. The first-order chi connectivity index (χ1) is 11.2. The molecule has 122 valence electrons. The van der Waals surface area contributed by atoms with Gasteiger partial charge in [-0.2, -0.15) is 0 Å². The van der Waals surface area contributed by atoms with Crippen molar-refractivity contribution in [3.05, 3.63) is 35.7 Å². The largest absolute Gasteiger partial charge is 0.301 e. The van der Waals surface area contributed by atoms with Gasteiger partial charge >= 0.3 is 0 Å². The van der Waals surface area contributed by atoms with Crippen molar-refractivity contribution in [2.45, 2.75) is 38.1 Å². The van der Waals surface area contributed by atoms with E-state index < -0.39 is 0 Å². The summed E-state index contributed by atoms with van der Waals surface area (Å²) in [6.07, 6.45) is 6.31. The van der Waals surface area contributed by atoms with Crippen molar-refractivity contribution in [3.8, 4) is 11.3 Å². The number of carbonyl (C=O) groups excluding carboxylic acids is 1. The summed E-state index contributed by atoms with van der Waals surface area (Å²) in [6.45, 7) is 0.435. The van der Waals surface area contributed by atoms with Crippen LogP contribution in [0.3, 0.4) is 0 Å². The van der Waals surface area contributed by atoms with Crippen LogP contribution in [0.4, 0.5) is 5.13 Å². The van der Waals surface area contributed by atoms with Crippen molar-refractivity contribution in [1.29, 1.82) is 0 Å². The van der Waals surface area contributed by atoms with Gasteiger partial charge in [-0.15, -0.1) is 11.3 Å². The molecule has 1 heterocycles. The van der Waals surface area contributed by atoms with E-state index in [2.05, 4.69) is 15.2 Å². The molecule has 0 radical (unpaired) electrons. The highest BCUT2D eigenvalue weighted by Gasteiger charge is 2.20. The van der Waals surface area contributed by atoms with E-state index in [1.807, 2.05) is 42.8 Å². The van der Waals surface area contributed by atoms with Crippen LogP contribution in [0, 0.1) is 0 Å². The predicted octanol–water partition coefficient (Wildman–Crippen LogP) is 4.01. The van der Waals surface area contributed by atoms with Crippen LogP contribution in [0.5, 0.6) is 0 Å². The molecule has 5 heteroatoms. The molecule has 3 rings (SSSR count). The number of rotatable bonds is 5. The van der Waals surface area contributed by atoms with Gasteiger partial charge in [0, 0.05) is 17.0 Å². The average Bonchev–Trinajstić information content (AvgIpc) is 3.04. The molecule has 1 N–H and O–H groups in total. The number of hydrogen-bond acceptors (Lipinski definition) is 4. The molecule has 0 unspecified atom stereocenters. The van der Waals surface area contributed by atoms with Crippen LogP contribution in [0.1, 0.15) is 32.1 Å². The number of amides is 1. The molecule has 0 atom stereocenters. The van der Waals surface area contributed by atoms with Crippen molar-refractivity contribution in [2.75, 3.05) is 18.9 Å². The standard InChI is InChI=1S/C18H23N3OS/c1-21(15-10-6-3-7-11-15)12-17(22)20-18-19-16(13-23-18)14-8-4-2-5-9-14/h2,4-5,8-9,13,15H,3,6-7,10-12H2,1H3,(H,19,20,22). The highest BCUT2D eigenvalue weighted by Crippen LogP contribution is 2.25. The van der Waals surface area contributed by atoms with Crippen molar-refractivity contribution < 1.29 is 4.79 Å². The minimum absolute atomic E-state index is 0.0204. The van der Waals surface area contributed by atoms with Crippen LogP contribution in [-0.2, 0) is 4.79 Å². The number of aromatic nitrogens is 1. The minimum atomic E-state index is 0.0204. The molecule has 0 bridgehead atoms. The summed E-state index contributed by atoms with van der Waals surface area (Å²) in [5.41, 5.74) is 1.98.